The number of hydrogen-bond acceptors (Lipinski definition) is 4. The normalized spacial score (nSPS) is 15.1. The molecule has 0 amide bonds. The molecule has 0 atom stereocenters. The van der Waals surface area contributed by atoms with E-state index in [1.54, 1.807) is 11.8 Å². The van der Waals surface area contributed by atoms with E-state index in [4.69, 9.17) is 4.74 Å². The van der Waals surface area contributed by atoms with Gasteiger partial charge in [-0.15, -0.1) is 5.10 Å². The number of benzene rings is 1. The minimum atomic E-state index is 0.525. The van der Waals surface area contributed by atoms with Gasteiger partial charge < -0.3 is 4.74 Å². The zero-order chi connectivity index (χ0) is 11.0. The average molecular weight is 215 g/mol. The summed E-state index contributed by atoms with van der Waals surface area (Å²) >= 11 is 0. The molecule has 1 aromatic heterocycles. The minimum absolute atomic E-state index is 0.525. The average Bonchev–Trinajstić information content (AvgIpc) is 3.07. The summed E-state index contributed by atoms with van der Waals surface area (Å²) in [6.07, 6.45) is 2.36. The highest BCUT2D eigenvalue weighted by Gasteiger charge is 2.29. The van der Waals surface area contributed by atoms with Crippen molar-refractivity contribution in [2.45, 2.75) is 18.8 Å². The third-order valence-electron chi connectivity index (χ3n) is 2.67. The van der Waals surface area contributed by atoms with Gasteiger partial charge in [-0.2, -0.15) is 4.68 Å². The number of hydrogen-bond donors (Lipinski definition) is 0. The predicted molar refractivity (Wildman–Crippen MR) is 56.5 cm³/mol. The van der Waals surface area contributed by atoms with Crippen LogP contribution in [0.2, 0.25) is 0 Å². The first-order valence-corrected chi connectivity index (χ1v) is 5.23. The summed E-state index contributed by atoms with van der Waals surface area (Å²) in [6, 6.07) is 8.64. The van der Waals surface area contributed by atoms with Crippen LogP contribution >= 0.6 is 0 Å². The molecule has 1 aliphatic rings. The fourth-order valence-corrected chi connectivity index (χ4v) is 1.64. The fraction of sp³-hybridized carbons (Fsp3) is 0.364. The van der Waals surface area contributed by atoms with Crippen molar-refractivity contribution in [3.8, 4) is 11.4 Å². The van der Waals surface area contributed by atoms with E-state index in [9.17, 15) is 0 Å². The quantitative estimate of drug-likeness (QED) is 0.775. The Bertz CT molecular complexity index is 487. The summed E-state index contributed by atoms with van der Waals surface area (Å²) in [5, 5.41) is 11.8. The molecule has 1 aliphatic carbocycles. The first kappa shape index (κ1) is 9.33. The molecule has 0 N–H and O–H groups in total. The predicted octanol–water partition coefficient (Wildman–Crippen LogP) is 1.35. The van der Waals surface area contributed by atoms with Crippen LogP contribution in [0.4, 0.5) is 0 Å². The Kier molecular flexibility index (Phi) is 2.09. The smallest absolute Gasteiger partial charge is 0.159 e. The van der Waals surface area contributed by atoms with E-state index in [-0.39, 0.29) is 0 Å². The van der Waals surface area contributed by atoms with Crippen LogP contribution < -0.4 is 4.74 Å². The second kappa shape index (κ2) is 3.59. The highest BCUT2D eigenvalue weighted by atomic mass is 16.5. The third-order valence-corrected chi connectivity index (χ3v) is 2.67. The number of tetrazole rings is 1. The molecule has 1 fully saturated rings. The van der Waals surface area contributed by atoms with Gasteiger partial charge in [-0.1, -0.05) is 0 Å². The van der Waals surface area contributed by atoms with E-state index >= 15 is 0 Å². The summed E-state index contributed by atoms with van der Waals surface area (Å²) in [4.78, 5) is 0. The number of ether oxygens (including phenoxy) is 1. The summed E-state index contributed by atoms with van der Waals surface area (Å²) in [5.74, 6) is 2.18. The largest absolute Gasteiger partial charge is 0.496 e. The van der Waals surface area contributed by atoms with Crippen LogP contribution in [-0.4, -0.2) is 27.3 Å². The molecule has 1 radical (unpaired) electrons. The van der Waals surface area contributed by atoms with Crippen molar-refractivity contribution < 1.29 is 4.74 Å². The van der Waals surface area contributed by atoms with Gasteiger partial charge >= 0.3 is 0 Å². The van der Waals surface area contributed by atoms with Crippen molar-refractivity contribution in [1.29, 1.82) is 0 Å². The Balaban J connectivity index is 1.97. The van der Waals surface area contributed by atoms with Crippen molar-refractivity contribution >= 4 is 0 Å². The van der Waals surface area contributed by atoms with E-state index in [2.05, 4.69) is 21.6 Å². The zero-order valence-electron chi connectivity index (χ0n) is 8.92. The number of methoxy groups -OCH3 is 1. The van der Waals surface area contributed by atoms with E-state index in [0.717, 1.165) is 11.5 Å². The van der Waals surface area contributed by atoms with Crippen molar-refractivity contribution in [2.24, 2.45) is 0 Å². The van der Waals surface area contributed by atoms with E-state index < -0.39 is 0 Å². The van der Waals surface area contributed by atoms with Gasteiger partial charge in [0.15, 0.2) is 5.82 Å². The van der Waals surface area contributed by atoms with Crippen LogP contribution in [0.5, 0.6) is 5.75 Å². The Morgan fingerprint density at radius 2 is 2.31 bits per heavy atom. The molecule has 0 aliphatic heterocycles. The standard InChI is InChI=1S/C11H11N4O/c1-16-10-6-4-9(5-7-10)15-11(8-2-3-8)12-13-14-15/h4-6,8H,2-3H2,1H3. The molecule has 5 nitrogen and oxygen atoms in total. The first-order valence-electron chi connectivity index (χ1n) is 5.23. The lowest BCUT2D eigenvalue weighted by molar-refractivity contribution is 0.414. The summed E-state index contributed by atoms with van der Waals surface area (Å²) in [7, 11) is 1.62. The summed E-state index contributed by atoms with van der Waals surface area (Å²) in [6.45, 7) is 0. The molecule has 3 rings (SSSR count). The molecule has 0 unspecified atom stereocenters. The molecule has 16 heavy (non-hydrogen) atoms. The van der Waals surface area contributed by atoms with E-state index in [1.165, 1.54) is 12.8 Å². The monoisotopic (exact) mass is 215 g/mol. The molecule has 0 saturated heterocycles. The van der Waals surface area contributed by atoms with Gasteiger partial charge in [-0.25, -0.2) is 0 Å². The molecule has 2 aromatic rings. The molecule has 81 valence electrons. The maximum Gasteiger partial charge on any atom is 0.159 e. The van der Waals surface area contributed by atoms with Gasteiger partial charge in [0.05, 0.1) is 12.8 Å². The minimum Gasteiger partial charge on any atom is -0.496 e. The maximum absolute atomic E-state index is 5.06. The molecule has 1 saturated carbocycles. The molecular formula is C11H11N4O. The van der Waals surface area contributed by atoms with Gasteiger partial charge in [0.25, 0.3) is 0 Å². The number of nitrogens with zero attached hydrogens (tertiary/aromatic N) is 4. The lowest BCUT2D eigenvalue weighted by Gasteiger charge is -2.04. The van der Waals surface area contributed by atoms with Gasteiger partial charge in [0.2, 0.25) is 0 Å². The Labute approximate surface area is 93.0 Å². The Morgan fingerprint density at radius 1 is 1.44 bits per heavy atom. The topological polar surface area (TPSA) is 52.8 Å². The van der Waals surface area contributed by atoms with Gasteiger partial charge in [-0.05, 0) is 41.5 Å². The zero-order valence-corrected chi connectivity index (χ0v) is 8.92. The molecule has 5 heteroatoms. The molecule has 1 heterocycles. The second-order valence-electron chi connectivity index (χ2n) is 3.84. The fourth-order valence-electron chi connectivity index (χ4n) is 1.64. The van der Waals surface area contributed by atoms with E-state index in [1.807, 2.05) is 18.2 Å². The van der Waals surface area contributed by atoms with Gasteiger partial charge in [0, 0.05) is 12.0 Å². The molecule has 0 bridgehead atoms. The Morgan fingerprint density at radius 3 is 2.94 bits per heavy atom. The maximum atomic E-state index is 5.06. The molecule has 1 aromatic carbocycles. The SMILES string of the molecule is COc1[c]cc(-n2nnnc2C2CC2)cc1. The van der Waals surface area contributed by atoms with E-state index in [0.29, 0.717) is 11.7 Å². The van der Waals surface area contributed by atoms with Crippen molar-refractivity contribution in [2.75, 3.05) is 7.11 Å². The van der Waals surface area contributed by atoms with Crippen molar-refractivity contribution in [3.05, 3.63) is 30.1 Å². The highest BCUT2D eigenvalue weighted by Crippen LogP contribution is 2.39. The van der Waals surface area contributed by atoms with Crippen LogP contribution in [0.1, 0.15) is 24.6 Å². The lowest BCUT2D eigenvalue weighted by Crippen LogP contribution is -2.01. The first-order chi connectivity index (χ1) is 7.88. The van der Waals surface area contributed by atoms with Crippen LogP contribution in [-0.2, 0) is 0 Å². The van der Waals surface area contributed by atoms with Crippen LogP contribution in [0.3, 0.4) is 0 Å². The Hall–Kier alpha value is -1.91. The van der Waals surface area contributed by atoms with Gasteiger partial charge in [0.1, 0.15) is 5.75 Å². The van der Waals surface area contributed by atoms with Crippen molar-refractivity contribution in [1.82, 2.24) is 20.2 Å². The lowest BCUT2D eigenvalue weighted by atomic mass is 10.3. The molecular weight excluding hydrogens is 204 g/mol. The second-order valence-corrected chi connectivity index (χ2v) is 3.84. The van der Waals surface area contributed by atoms with Crippen LogP contribution in [0.15, 0.2) is 18.2 Å². The molecule has 0 spiro atoms. The van der Waals surface area contributed by atoms with Crippen LogP contribution in [0, 0.1) is 6.07 Å². The number of rotatable bonds is 3. The summed E-state index contributed by atoms with van der Waals surface area (Å²) < 4.78 is 6.83. The van der Waals surface area contributed by atoms with Crippen LogP contribution in [0.25, 0.3) is 5.69 Å². The summed E-state index contributed by atoms with van der Waals surface area (Å²) in [5.41, 5.74) is 0.924. The van der Waals surface area contributed by atoms with Crippen molar-refractivity contribution in [3.63, 3.8) is 0 Å². The number of aromatic nitrogens is 4. The third kappa shape index (κ3) is 1.54. The highest BCUT2D eigenvalue weighted by molar-refractivity contribution is 5.36. The van der Waals surface area contributed by atoms with Gasteiger partial charge in [-0.3, -0.25) is 0 Å².